The van der Waals surface area contributed by atoms with Crippen molar-refractivity contribution in [3.8, 4) is 0 Å². The zero-order valence-corrected chi connectivity index (χ0v) is 14.0. The normalized spacial score (nSPS) is 25.7. The van der Waals surface area contributed by atoms with Crippen molar-refractivity contribution in [2.45, 2.75) is 72.8 Å². The molecule has 0 bridgehead atoms. The van der Waals surface area contributed by atoms with Gasteiger partial charge in [0, 0.05) is 12.6 Å². The van der Waals surface area contributed by atoms with Crippen LogP contribution < -0.4 is 0 Å². The van der Waals surface area contributed by atoms with Gasteiger partial charge in [0.05, 0.1) is 0 Å². The van der Waals surface area contributed by atoms with Crippen LogP contribution in [0.15, 0.2) is 0 Å². The second kappa shape index (κ2) is 8.26. The summed E-state index contributed by atoms with van der Waals surface area (Å²) in [6, 6.07) is 0.788. The Morgan fingerprint density at radius 1 is 1.00 bits per heavy atom. The number of nitrogens with zero attached hydrogens (tertiary/aromatic N) is 2. The van der Waals surface area contributed by atoms with Gasteiger partial charge < -0.3 is 9.80 Å². The summed E-state index contributed by atoms with van der Waals surface area (Å²) in [6.45, 7) is 17.7. The minimum Gasteiger partial charge on any atom is -0.304 e. The lowest BCUT2D eigenvalue weighted by molar-refractivity contribution is 0.00939. The minimum atomic E-state index is 0.674. The Morgan fingerprint density at radius 3 is 2.16 bits per heavy atom. The maximum atomic E-state index is 2.76. The Kier molecular flexibility index (Phi) is 7.38. The van der Waals surface area contributed by atoms with Gasteiger partial charge in [-0.2, -0.15) is 0 Å². The van der Waals surface area contributed by atoms with Crippen molar-refractivity contribution < 1.29 is 0 Å². The lowest BCUT2D eigenvalue weighted by atomic mass is 9.72. The van der Waals surface area contributed by atoms with Crippen LogP contribution in [0.3, 0.4) is 0 Å². The van der Waals surface area contributed by atoms with Crippen molar-refractivity contribution >= 4 is 0 Å². The second-order valence-corrected chi connectivity index (χ2v) is 6.27. The van der Waals surface area contributed by atoms with E-state index in [1.165, 1.54) is 64.8 Å². The minimum absolute atomic E-state index is 0.674. The Labute approximate surface area is 121 Å². The zero-order valence-electron chi connectivity index (χ0n) is 14.0. The highest BCUT2D eigenvalue weighted by molar-refractivity contribution is 4.92. The van der Waals surface area contributed by atoms with Crippen LogP contribution in [0, 0.1) is 5.41 Å². The maximum Gasteiger partial charge on any atom is 0.00645 e. The van der Waals surface area contributed by atoms with E-state index in [0.717, 1.165) is 6.04 Å². The maximum absolute atomic E-state index is 2.76. The van der Waals surface area contributed by atoms with E-state index >= 15 is 0 Å². The number of rotatable bonds is 3. The molecule has 2 fully saturated rings. The van der Waals surface area contributed by atoms with Gasteiger partial charge in [-0.05, 0) is 70.6 Å². The summed E-state index contributed by atoms with van der Waals surface area (Å²) in [5.41, 5.74) is 0.674. The zero-order chi connectivity index (χ0) is 14.3. The topological polar surface area (TPSA) is 6.48 Å². The Balaban J connectivity index is 0.000000861. The van der Waals surface area contributed by atoms with Crippen molar-refractivity contribution in [2.75, 3.05) is 32.7 Å². The summed E-state index contributed by atoms with van der Waals surface area (Å²) in [5.74, 6) is 0. The van der Waals surface area contributed by atoms with Gasteiger partial charge in [-0.3, -0.25) is 0 Å². The lowest BCUT2D eigenvalue weighted by Gasteiger charge is -2.49. The van der Waals surface area contributed by atoms with Crippen molar-refractivity contribution in [3.05, 3.63) is 0 Å². The molecule has 0 saturated carbocycles. The molecule has 0 aromatic heterocycles. The molecule has 1 atom stereocenters. The molecule has 0 N–H and O–H groups in total. The fraction of sp³-hybridized carbons (Fsp3) is 1.00. The molecule has 2 aliphatic heterocycles. The standard InChI is InChI=1S/C15H30N2.C2H6/c1-4-14(3)17-10-6-7-15(13-17)8-11-16(5-2)12-9-15;1-2/h14H,4-13H2,1-3H3;1-2H3. The first-order valence-corrected chi connectivity index (χ1v) is 8.65. The van der Waals surface area contributed by atoms with E-state index in [9.17, 15) is 0 Å². The van der Waals surface area contributed by atoms with Crippen LogP contribution in [0.2, 0.25) is 0 Å². The van der Waals surface area contributed by atoms with Crippen LogP contribution in [-0.4, -0.2) is 48.6 Å². The van der Waals surface area contributed by atoms with Crippen molar-refractivity contribution in [1.82, 2.24) is 9.80 Å². The molecule has 0 aliphatic carbocycles. The monoisotopic (exact) mass is 268 g/mol. The molecule has 2 aliphatic rings. The molecular weight excluding hydrogens is 232 g/mol. The number of piperidine rings is 2. The molecule has 0 aromatic carbocycles. The first-order chi connectivity index (χ1) is 9.19. The van der Waals surface area contributed by atoms with Gasteiger partial charge in [0.1, 0.15) is 0 Å². The highest BCUT2D eigenvalue weighted by atomic mass is 15.2. The third-order valence-electron chi connectivity index (χ3n) is 5.27. The average molecular weight is 268 g/mol. The van der Waals surface area contributed by atoms with Gasteiger partial charge in [-0.25, -0.2) is 0 Å². The van der Waals surface area contributed by atoms with E-state index in [4.69, 9.17) is 0 Å². The van der Waals surface area contributed by atoms with Crippen molar-refractivity contribution in [1.29, 1.82) is 0 Å². The Hall–Kier alpha value is -0.0800. The van der Waals surface area contributed by atoms with Gasteiger partial charge in [0.25, 0.3) is 0 Å². The molecule has 2 heterocycles. The molecule has 2 nitrogen and oxygen atoms in total. The number of hydrogen-bond donors (Lipinski definition) is 0. The summed E-state index contributed by atoms with van der Waals surface area (Å²) in [5, 5.41) is 0. The largest absolute Gasteiger partial charge is 0.304 e. The van der Waals surface area contributed by atoms with E-state index in [2.05, 4.69) is 30.6 Å². The SMILES string of the molecule is CC.CCC(C)N1CCCC2(CCN(CC)CC2)C1. The van der Waals surface area contributed by atoms with Crippen LogP contribution in [0.1, 0.15) is 66.7 Å². The third-order valence-corrected chi connectivity index (χ3v) is 5.27. The smallest absolute Gasteiger partial charge is 0.00645 e. The van der Waals surface area contributed by atoms with E-state index in [1.807, 2.05) is 13.8 Å². The number of hydrogen-bond acceptors (Lipinski definition) is 2. The van der Waals surface area contributed by atoms with Gasteiger partial charge in [0.15, 0.2) is 0 Å². The van der Waals surface area contributed by atoms with Crippen LogP contribution in [0.5, 0.6) is 0 Å². The first-order valence-electron chi connectivity index (χ1n) is 8.65. The molecule has 0 amide bonds. The van der Waals surface area contributed by atoms with Crippen molar-refractivity contribution in [2.24, 2.45) is 5.41 Å². The van der Waals surface area contributed by atoms with E-state index in [0.29, 0.717) is 5.41 Å². The molecule has 19 heavy (non-hydrogen) atoms. The molecule has 0 aromatic rings. The van der Waals surface area contributed by atoms with Crippen LogP contribution >= 0.6 is 0 Å². The highest BCUT2D eigenvalue weighted by Crippen LogP contribution is 2.40. The highest BCUT2D eigenvalue weighted by Gasteiger charge is 2.38. The third kappa shape index (κ3) is 4.46. The van der Waals surface area contributed by atoms with E-state index in [-0.39, 0.29) is 0 Å². The average Bonchev–Trinajstić information content (AvgIpc) is 2.49. The first kappa shape index (κ1) is 17.0. The Morgan fingerprint density at radius 2 is 1.63 bits per heavy atom. The summed E-state index contributed by atoms with van der Waals surface area (Å²) >= 11 is 0. The summed E-state index contributed by atoms with van der Waals surface area (Å²) in [7, 11) is 0. The van der Waals surface area contributed by atoms with Gasteiger partial charge in [-0.15, -0.1) is 0 Å². The Bertz CT molecular complexity index is 231. The van der Waals surface area contributed by atoms with Gasteiger partial charge in [-0.1, -0.05) is 27.7 Å². The van der Waals surface area contributed by atoms with E-state index < -0.39 is 0 Å². The fourth-order valence-corrected chi connectivity index (χ4v) is 3.63. The van der Waals surface area contributed by atoms with Crippen LogP contribution in [0.4, 0.5) is 0 Å². The molecule has 114 valence electrons. The van der Waals surface area contributed by atoms with Crippen molar-refractivity contribution in [3.63, 3.8) is 0 Å². The predicted molar refractivity (Wildman–Crippen MR) is 85.7 cm³/mol. The van der Waals surface area contributed by atoms with Gasteiger partial charge >= 0.3 is 0 Å². The van der Waals surface area contributed by atoms with E-state index in [1.54, 1.807) is 0 Å². The fourth-order valence-electron chi connectivity index (χ4n) is 3.63. The molecule has 2 heteroatoms. The molecule has 0 radical (unpaired) electrons. The molecule has 1 spiro atoms. The quantitative estimate of drug-likeness (QED) is 0.763. The summed E-state index contributed by atoms with van der Waals surface area (Å²) in [6.07, 6.45) is 7.09. The predicted octanol–water partition coefficient (Wildman–Crippen LogP) is 4.01. The molecule has 2 rings (SSSR count). The number of likely N-dealkylation sites (tertiary alicyclic amines) is 2. The lowest BCUT2D eigenvalue weighted by Crippen LogP contribution is -2.51. The second-order valence-electron chi connectivity index (χ2n) is 6.27. The summed E-state index contributed by atoms with van der Waals surface area (Å²) in [4.78, 5) is 5.37. The molecule has 2 saturated heterocycles. The van der Waals surface area contributed by atoms with Gasteiger partial charge in [0.2, 0.25) is 0 Å². The summed E-state index contributed by atoms with van der Waals surface area (Å²) < 4.78 is 0. The van der Waals surface area contributed by atoms with Crippen LogP contribution in [-0.2, 0) is 0 Å². The molecule has 1 unspecified atom stereocenters. The van der Waals surface area contributed by atoms with Crippen LogP contribution in [0.25, 0.3) is 0 Å². The molecular formula is C17H36N2.